The molecule has 0 N–H and O–H groups in total. The fraction of sp³-hybridized carbons (Fsp3) is 0.105. The van der Waals surface area contributed by atoms with Crippen LogP contribution in [0, 0.1) is 12.7 Å². The molecule has 0 saturated carbocycles. The minimum atomic E-state index is -0.433. The van der Waals surface area contributed by atoms with E-state index in [0.717, 1.165) is 11.3 Å². The summed E-state index contributed by atoms with van der Waals surface area (Å²) in [6, 6.07) is 16.9. The van der Waals surface area contributed by atoms with E-state index >= 15 is 0 Å². The summed E-state index contributed by atoms with van der Waals surface area (Å²) in [5.41, 5.74) is 2.14. The van der Waals surface area contributed by atoms with E-state index in [4.69, 9.17) is 4.42 Å². The molecule has 0 fully saturated rings. The van der Waals surface area contributed by atoms with Gasteiger partial charge in [-0.1, -0.05) is 23.8 Å². The molecule has 3 nitrogen and oxygen atoms in total. The molecule has 1 aromatic heterocycles. The highest BCUT2D eigenvalue weighted by molar-refractivity contribution is 6.05. The van der Waals surface area contributed by atoms with E-state index in [1.54, 1.807) is 29.4 Å². The minimum Gasteiger partial charge on any atom is -0.467 e. The molecular formula is C19H16FNO2. The van der Waals surface area contributed by atoms with Gasteiger partial charge in [0.2, 0.25) is 0 Å². The molecule has 0 radical (unpaired) electrons. The van der Waals surface area contributed by atoms with Gasteiger partial charge in [0.15, 0.2) is 0 Å². The zero-order valence-electron chi connectivity index (χ0n) is 12.7. The summed E-state index contributed by atoms with van der Waals surface area (Å²) in [7, 11) is 0. The number of nitrogens with zero attached hydrogens (tertiary/aromatic N) is 1. The molecule has 0 saturated heterocycles. The quantitative estimate of drug-likeness (QED) is 0.707. The molecule has 4 heteroatoms. The lowest BCUT2D eigenvalue weighted by Crippen LogP contribution is -2.30. The van der Waals surface area contributed by atoms with Gasteiger partial charge in [0.05, 0.1) is 12.8 Å². The fourth-order valence-electron chi connectivity index (χ4n) is 2.34. The second-order valence-electron chi connectivity index (χ2n) is 5.32. The molecule has 0 aliphatic rings. The summed E-state index contributed by atoms with van der Waals surface area (Å²) < 4.78 is 18.8. The van der Waals surface area contributed by atoms with Crippen molar-refractivity contribution < 1.29 is 13.6 Å². The third-order valence-corrected chi connectivity index (χ3v) is 3.56. The monoisotopic (exact) mass is 309 g/mol. The molecule has 0 unspecified atom stereocenters. The Morgan fingerprint density at radius 2 is 1.87 bits per heavy atom. The highest BCUT2D eigenvalue weighted by Gasteiger charge is 2.19. The second kappa shape index (κ2) is 6.48. The smallest absolute Gasteiger partial charge is 0.258 e. The lowest BCUT2D eigenvalue weighted by molar-refractivity contribution is 0.0983. The van der Waals surface area contributed by atoms with E-state index in [2.05, 4.69) is 0 Å². The Bertz CT molecular complexity index is 795. The number of hydrogen-bond donors (Lipinski definition) is 0. The molecule has 0 bridgehead atoms. The average molecular weight is 309 g/mol. The van der Waals surface area contributed by atoms with Crippen LogP contribution in [-0.2, 0) is 6.54 Å². The van der Waals surface area contributed by atoms with Crippen molar-refractivity contribution in [1.82, 2.24) is 0 Å². The zero-order chi connectivity index (χ0) is 16.2. The third-order valence-electron chi connectivity index (χ3n) is 3.56. The van der Waals surface area contributed by atoms with E-state index < -0.39 is 5.82 Å². The Labute approximate surface area is 134 Å². The van der Waals surface area contributed by atoms with Gasteiger partial charge in [0.1, 0.15) is 11.6 Å². The molecule has 0 atom stereocenters. The van der Waals surface area contributed by atoms with Crippen molar-refractivity contribution in [1.29, 1.82) is 0 Å². The van der Waals surface area contributed by atoms with E-state index in [-0.39, 0.29) is 12.5 Å². The summed E-state index contributed by atoms with van der Waals surface area (Å²) in [6.45, 7) is 2.26. The van der Waals surface area contributed by atoms with Crippen molar-refractivity contribution in [2.24, 2.45) is 0 Å². The number of hydrogen-bond acceptors (Lipinski definition) is 2. The van der Waals surface area contributed by atoms with Crippen LogP contribution in [-0.4, -0.2) is 5.91 Å². The maximum absolute atomic E-state index is 13.4. The number of amides is 1. The number of rotatable bonds is 4. The number of benzene rings is 2. The topological polar surface area (TPSA) is 33.5 Å². The molecule has 1 amide bonds. The first-order valence-electron chi connectivity index (χ1n) is 7.30. The molecule has 3 aromatic rings. The summed E-state index contributed by atoms with van der Waals surface area (Å²) in [5.74, 6) is -0.0437. The molecule has 1 heterocycles. The van der Waals surface area contributed by atoms with Crippen LogP contribution < -0.4 is 4.90 Å². The first kappa shape index (κ1) is 15.0. The van der Waals surface area contributed by atoms with E-state index in [0.29, 0.717) is 11.3 Å². The van der Waals surface area contributed by atoms with Crippen molar-refractivity contribution in [3.05, 3.63) is 89.6 Å². The molecule has 23 heavy (non-hydrogen) atoms. The molecular weight excluding hydrogens is 293 g/mol. The van der Waals surface area contributed by atoms with Gasteiger partial charge in [0, 0.05) is 11.3 Å². The molecule has 2 aromatic carbocycles. The Kier molecular flexibility index (Phi) is 4.24. The van der Waals surface area contributed by atoms with Crippen LogP contribution in [0.3, 0.4) is 0 Å². The van der Waals surface area contributed by atoms with Crippen LogP contribution in [0.2, 0.25) is 0 Å². The minimum absolute atomic E-state index is 0.273. The van der Waals surface area contributed by atoms with E-state index in [1.807, 2.05) is 31.2 Å². The van der Waals surface area contributed by atoms with Crippen LogP contribution in [0.25, 0.3) is 0 Å². The average Bonchev–Trinajstić information content (AvgIpc) is 3.06. The lowest BCUT2D eigenvalue weighted by atomic mass is 10.1. The van der Waals surface area contributed by atoms with Gasteiger partial charge in [-0.2, -0.15) is 0 Å². The highest BCUT2D eigenvalue weighted by Crippen LogP contribution is 2.21. The van der Waals surface area contributed by atoms with Gasteiger partial charge in [-0.15, -0.1) is 0 Å². The van der Waals surface area contributed by atoms with E-state index in [9.17, 15) is 9.18 Å². The summed E-state index contributed by atoms with van der Waals surface area (Å²) in [5, 5.41) is 0. The van der Waals surface area contributed by atoms with Crippen LogP contribution in [0.4, 0.5) is 10.1 Å². The maximum Gasteiger partial charge on any atom is 0.258 e. The predicted molar refractivity (Wildman–Crippen MR) is 86.8 cm³/mol. The van der Waals surface area contributed by atoms with Gasteiger partial charge in [0.25, 0.3) is 5.91 Å². The number of furan rings is 1. The van der Waals surface area contributed by atoms with Gasteiger partial charge in [-0.3, -0.25) is 4.79 Å². The Morgan fingerprint density at radius 1 is 1.09 bits per heavy atom. The van der Waals surface area contributed by atoms with Gasteiger partial charge < -0.3 is 9.32 Å². The second-order valence-corrected chi connectivity index (χ2v) is 5.32. The predicted octanol–water partition coefficient (Wildman–Crippen LogP) is 4.57. The SMILES string of the molecule is Cc1ccc(N(Cc2ccco2)C(=O)c2cccc(F)c2)cc1. The highest BCUT2D eigenvalue weighted by atomic mass is 19.1. The Balaban J connectivity index is 1.97. The number of carbonyl (C=O) groups excluding carboxylic acids is 1. The molecule has 116 valence electrons. The zero-order valence-corrected chi connectivity index (χ0v) is 12.7. The first-order valence-corrected chi connectivity index (χ1v) is 7.30. The lowest BCUT2D eigenvalue weighted by Gasteiger charge is -2.22. The molecule has 0 aliphatic heterocycles. The van der Waals surface area contributed by atoms with Crippen LogP contribution in [0.1, 0.15) is 21.7 Å². The largest absolute Gasteiger partial charge is 0.467 e. The van der Waals surface area contributed by atoms with Gasteiger partial charge in [-0.05, 0) is 49.4 Å². The molecule has 3 rings (SSSR count). The van der Waals surface area contributed by atoms with Gasteiger partial charge in [-0.25, -0.2) is 4.39 Å². The number of anilines is 1. The number of aryl methyl sites for hydroxylation is 1. The third kappa shape index (κ3) is 3.48. The van der Waals surface area contributed by atoms with Crippen molar-refractivity contribution in [2.75, 3.05) is 4.90 Å². The summed E-state index contributed by atoms with van der Waals surface area (Å²) in [4.78, 5) is 14.4. The van der Waals surface area contributed by atoms with Crippen molar-refractivity contribution in [2.45, 2.75) is 13.5 Å². The Morgan fingerprint density at radius 3 is 2.52 bits per heavy atom. The van der Waals surface area contributed by atoms with Crippen LogP contribution in [0.5, 0.6) is 0 Å². The first-order chi connectivity index (χ1) is 11.1. The summed E-state index contributed by atoms with van der Waals surface area (Å²) in [6.07, 6.45) is 1.56. The number of carbonyl (C=O) groups is 1. The van der Waals surface area contributed by atoms with Crippen molar-refractivity contribution in [3.63, 3.8) is 0 Å². The van der Waals surface area contributed by atoms with E-state index in [1.165, 1.54) is 18.2 Å². The Hall–Kier alpha value is -2.88. The van der Waals surface area contributed by atoms with Crippen LogP contribution >= 0.6 is 0 Å². The molecule has 0 spiro atoms. The fourth-order valence-corrected chi connectivity index (χ4v) is 2.34. The normalized spacial score (nSPS) is 10.5. The number of halogens is 1. The maximum atomic E-state index is 13.4. The molecule has 0 aliphatic carbocycles. The van der Waals surface area contributed by atoms with Crippen molar-refractivity contribution in [3.8, 4) is 0 Å². The standard InChI is InChI=1S/C19H16FNO2/c1-14-7-9-17(10-8-14)21(13-18-6-3-11-23-18)19(22)15-4-2-5-16(20)12-15/h2-12H,13H2,1H3. The van der Waals surface area contributed by atoms with Crippen molar-refractivity contribution >= 4 is 11.6 Å². The van der Waals surface area contributed by atoms with Crippen LogP contribution in [0.15, 0.2) is 71.3 Å². The summed E-state index contributed by atoms with van der Waals surface area (Å²) >= 11 is 0. The van der Waals surface area contributed by atoms with Gasteiger partial charge >= 0.3 is 0 Å².